The molecule has 2 aromatic rings. The average molecular weight is 329 g/mol. The molecule has 0 spiro atoms. The Morgan fingerprint density at radius 2 is 2.17 bits per heavy atom. The van der Waals surface area contributed by atoms with Crippen molar-refractivity contribution in [1.82, 2.24) is 14.5 Å². The highest BCUT2D eigenvalue weighted by atomic mass is 16.5. The highest BCUT2D eigenvalue weighted by Crippen LogP contribution is 2.14. The molecule has 128 valence electrons. The molecule has 0 N–H and O–H groups in total. The number of carbonyl (C=O) groups is 1. The second-order valence-electron chi connectivity index (χ2n) is 6.50. The van der Waals surface area contributed by atoms with E-state index in [1.54, 1.807) is 6.07 Å². The van der Waals surface area contributed by atoms with E-state index in [1.165, 1.54) is 10.9 Å². The van der Waals surface area contributed by atoms with E-state index >= 15 is 0 Å². The molecule has 1 saturated heterocycles. The fourth-order valence-electron chi connectivity index (χ4n) is 3.11. The van der Waals surface area contributed by atoms with Crippen LogP contribution in [0.2, 0.25) is 0 Å². The summed E-state index contributed by atoms with van der Waals surface area (Å²) in [6.07, 6.45) is 1.88. The predicted octanol–water partition coefficient (Wildman–Crippen LogP) is 1.73. The Hall–Kier alpha value is -2.21. The van der Waals surface area contributed by atoms with Gasteiger partial charge in [-0.3, -0.25) is 14.2 Å². The van der Waals surface area contributed by atoms with E-state index in [-0.39, 0.29) is 30.0 Å². The summed E-state index contributed by atoms with van der Waals surface area (Å²) in [5.41, 5.74) is 1.60. The van der Waals surface area contributed by atoms with E-state index in [0.29, 0.717) is 25.1 Å². The van der Waals surface area contributed by atoms with E-state index in [2.05, 4.69) is 4.98 Å². The summed E-state index contributed by atoms with van der Waals surface area (Å²) in [7, 11) is 0. The van der Waals surface area contributed by atoms with Gasteiger partial charge in [0.2, 0.25) is 5.91 Å². The van der Waals surface area contributed by atoms with Gasteiger partial charge < -0.3 is 9.64 Å². The van der Waals surface area contributed by atoms with E-state index < -0.39 is 0 Å². The van der Waals surface area contributed by atoms with Crippen molar-refractivity contribution in [1.29, 1.82) is 0 Å². The number of carbonyl (C=O) groups excluding carboxylic acids is 1. The van der Waals surface area contributed by atoms with Gasteiger partial charge in [0.25, 0.3) is 5.56 Å². The Labute approximate surface area is 141 Å². The maximum atomic E-state index is 12.6. The number of aromatic nitrogens is 2. The van der Waals surface area contributed by atoms with E-state index in [4.69, 9.17) is 4.74 Å². The van der Waals surface area contributed by atoms with Crippen molar-refractivity contribution in [2.75, 3.05) is 13.2 Å². The lowest BCUT2D eigenvalue weighted by atomic mass is 10.1. The summed E-state index contributed by atoms with van der Waals surface area (Å²) in [6, 6.07) is 5.64. The number of benzene rings is 1. The number of nitrogens with zero attached hydrogens (tertiary/aromatic N) is 3. The van der Waals surface area contributed by atoms with Crippen LogP contribution in [0.4, 0.5) is 0 Å². The topological polar surface area (TPSA) is 64.4 Å². The summed E-state index contributed by atoms with van der Waals surface area (Å²) in [6.45, 7) is 7.38. The Bertz CT molecular complexity index is 815. The van der Waals surface area contributed by atoms with Crippen molar-refractivity contribution in [3.8, 4) is 0 Å². The van der Waals surface area contributed by atoms with Crippen LogP contribution in [-0.2, 0) is 16.1 Å². The minimum atomic E-state index is -0.0973. The normalized spacial score (nSPS) is 21.2. The lowest BCUT2D eigenvalue weighted by Gasteiger charge is -2.36. The van der Waals surface area contributed by atoms with Crippen molar-refractivity contribution in [3.63, 3.8) is 0 Å². The highest BCUT2D eigenvalue weighted by molar-refractivity contribution is 5.80. The molecule has 24 heavy (non-hydrogen) atoms. The van der Waals surface area contributed by atoms with Crippen LogP contribution in [0.5, 0.6) is 0 Å². The van der Waals surface area contributed by atoms with E-state index in [0.717, 1.165) is 11.1 Å². The van der Waals surface area contributed by atoms with Crippen LogP contribution in [0, 0.1) is 6.92 Å². The molecule has 0 aliphatic carbocycles. The molecular weight excluding hydrogens is 306 g/mol. The van der Waals surface area contributed by atoms with Crippen molar-refractivity contribution >= 4 is 16.8 Å². The van der Waals surface area contributed by atoms with Gasteiger partial charge in [-0.05, 0) is 32.4 Å². The van der Waals surface area contributed by atoms with Crippen LogP contribution >= 0.6 is 0 Å². The molecule has 1 aliphatic rings. The van der Waals surface area contributed by atoms with E-state index in [1.807, 2.05) is 37.8 Å². The molecule has 0 saturated carbocycles. The second kappa shape index (κ2) is 6.73. The van der Waals surface area contributed by atoms with E-state index in [9.17, 15) is 9.59 Å². The molecule has 6 heteroatoms. The molecule has 1 amide bonds. The summed E-state index contributed by atoms with van der Waals surface area (Å²) < 4.78 is 7.07. The molecule has 2 atom stereocenters. The van der Waals surface area contributed by atoms with Gasteiger partial charge in [-0.15, -0.1) is 0 Å². The number of amides is 1. The Morgan fingerprint density at radius 3 is 2.96 bits per heavy atom. The fraction of sp³-hybridized carbons (Fsp3) is 0.500. The molecule has 6 nitrogen and oxygen atoms in total. The number of morpholine rings is 1. The van der Waals surface area contributed by atoms with Crippen LogP contribution < -0.4 is 5.56 Å². The summed E-state index contributed by atoms with van der Waals surface area (Å²) in [4.78, 5) is 31.3. The minimum absolute atomic E-state index is 0.0499. The second-order valence-corrected chi connectivity index (χ2v) is 6.50. The number of rotatable bonds is 3. The van der Waals surface area contributed by atoms with Gasteiger partial charge in [-0.25, -0.2) is 4.98 Å². The van der Waals surface area contributed by atoms with Crippen LogP contribution in [-0.4, -0.2) is 45.7 Å². The van der Waals surface area contributed by atoms with Gasteiger partial charge in [0.15, 0.2) is 0 Å². The van der Waals surface area contributed by atoms with Crippen molar-refractivity contribution in [2.24, 2.45) is 0 Å². The third-order valence-electron chi connectivity index (χ3n) is 4.55. The lowest BCUT2D eigenvalue weighted by molar-refractivity contribution is -0.143. The fourth-order valence-corrected chi connectivity index (χ4v) is 3.11. The molecule has 0 bridgehead atoms. The molecule has 0 radical (unpaired) electrons. The monoisotopic (exact) mass is 329 g/mol. The minimum Gasteiger partial charge on any atom is -0.375 e. The number of ether oxygens (including phenoxy) is 1. The quantitative estimate of drug-likeness (QED) is 0.860. The van der Waals surface area contributed by atoms with Crippen LogP contribution in [0.1, 0.15) is 25.8 Å². The molecule has 1 aliphatic heterocycles. The molecule has 2 unspecified atom stereocenters. The Balaban J connectivity index is 1.75. The highest BCUT2D eigenvalue weighted by Gasteiger charge is 2.27. The maximum Gasteiger partial charge on any atom is 0.261 e. The average Bonchev–Trinajstić information content (AvgIpc) is 2.57. The predicted molar refractivity (Wildman–Crippen MR) is 91.9 cm³/mol. The summed E-state index contributed by atoms with van der Waals surface area (Å²) in [5.74, 6) is 0.0499. The molecular formula is C18H23N3O3. The number of aryl methyl sites for hydroxylation is 2. The zero-order chi connectivity index (χ0) is 17.3. The number of hydrogen-bond donors (Lipinski definition) is 0. The first-order valence-electron chi connectivity index (χ1n) is 8.33. The first-order valence-corrected chi connectivity index (χ1v) is 8.33. The molecule has 2 heterocycles. The molecule has 1 aromatic carbocycles. The lowest BCUT2D eigenvalue weighted by Crippen LogP contribution is -2.50. The summed E-state index contributed by atoms with van der Waals surface area (Å²) in [5, 5.41) is 0.596. The third kappa shape index (κ3) is 3.19. The first-order chi connectivity index (χ1) is 11.5. The molecule has 1 aromatic heterocycles. The molecule has 3 rings (SSSR count). The third-order valence-corrected chi connectivity index (χ3v) is 4.55. The van der Waals surface area contributed by atoms with Crippen LogP contribution in [0.3, 0.4) is 0 Å². The van der Waals surface area contributed by atoms with Crippen molar-refractivity contribution in [3.05, 3.63) is 40.4 Å². The Kier molecular flexibility index (Phi) is 4.66. The van der Waals surface area contributed by atoms with Gasteiger partial charge in [0.05, 0.1) is 36.0 Å². The van der Waals surface area contributed by atoms with Crippen molar-refractivity contribution in [2.45, 2.75) is 45.9 Å². The van der Waals surface area contributed by atoms with Gasteiger partial charge in [-0.1, -0.05) is 12.1 Å². The standard InChI is InChI=1S/C18H23N3O3/c1-12-5-4-6-15-17(12)19-11-20(18(15)23)8-7-16(22)21-9-14(3)24-10-13(21)2/h4-6,11,13-14H,7-10H2,1-3H3. The molecule has 1 fully saturated rings. The van der Waals surface area contributed by atoms with Crippen molar-refractivity contribution < 1.29 is 9.53 Å². The SMILES string of the molecule is Cc1cccc2c(=O)n(CCC(=O)N3CC(C)OCC3C)cnc12. The number of para-hydroxylation sites is 1. The van der Waals surface area contributed by atoms with Gasteiger partial charge in [-0.2, -0.15) is 0 Å². The van der Waals surface area contributed by atoms with Crippen LogP contribution in [0.15, 0.2) is 29.3 Å². The number of hydrogen-bond acceptors (Lipinski definition) is 4. The largest absolute Gasteiger partial charge is 0.375 e. The smallest absolute Gasteiger partial charge is 0.261 e. The Morgan fingerprint density at radius 1 is 1.38 bits per heavy atom. The first kappa shape index (κ1) is 16.6. The van der Waals surface area contributed by atoms with Crippen LogP contribution in [0.25, 0.3) is 10.9 Å². The summed E-state index contributed by atoms with van der Waals surface area (Å²) >= 11 is 0. The van der Waals surface area contributed by atoms with Gasteiger partial charge in [0.1, 0.15) is 0 Å². The zero-order valence-electron chi connectivity index (χ0n) is 14.4. The van der Waals surface area contributed by atoms with Gasteiger partial charge in [0, 0.05) is 19.5 Å². The maximum absolute atomic E-state index is 12.6. The van der Waals surface area contributed by atoms with Gasteiger partial charge >= 0.3 is 0 Å². The number of fused-ring (bicyclic) bond motifs is 1. The zero-order valence-corrected chi connectivity index (χ0v) is 14.4.